The summed E-state index contributed by atoms with van der Waals surface area (Å²) in [5, 5.41) is 24.3. The number of hydrogen-bond acceptors (Lipinski definition) is 11. The maximum absolute atomic E-state index is 14.5. The molecule has 0 unspecified atom stereocenters. The van der Waals surface area contributed by atoms with Gasteiger partial charge in [-0.05, 0) is 111 Å². The number of aromatic carboxylic acids is 1. The van der Waals surface area contributed by atoms with Gasteiger partial charge in [-0.3, -0.25) is 4.79 Å². The van der Waals surface area contributed by atoms with Gasteiger partial charge in [0.25, 0.3) is 0 Å². The Bertz CT molecular complexity index is 3480. The predicted octanol–water partition coefficient (Wildman–Crippen LogP) is 7.88. The monoisotopic (exact) mass is 1070 g/mol. The van der Waals surface area contributed by atoms with E-state index in [1.165, 1.54) is 47.7 Å². The molecule has 2 aliphatic rings. The average Bonchev–Trinajstić information content (AvgIpc) is 3.90. The van der Waals surface area contributed by atoms with Gasteiger partial charge in [-0.25, -0.2) is 42.9 Å². The van der Waals surface area contributed by atoms with Crippen molar-refractivity contribution in [2.24, 2.45) is 5.73 Å². The molecule has 0 radical (unpaired) electrons. The highest BCUT2D eigenvalue weighted by Crippen LogP contribution is 2.40. The number of Topliss-reactive ketones (excluding diaryl/α,β-unsaturated/α-hetero) is 1. The third-order valence-electron chi connectivity index (χ3n) is 11.5. The van der Waals surface area contributed by atoms with E-state index in [1.54, 1.807) is 56.9 Å². The Hall–Kier alpha value is -6.75. The third-order valence-corrected chi connectivity index (χ3v) is 12.7. The third kappa shape index (κ3) is 9.94. The van der Waals surface area contributed by atoms with Gasteiger partial charge in [0, 0.05) is 50.1 Å². The molecular formula is C45H40Br2ClF2N15O3. The normalized spacial score (nSPS) is 13.4. The number of aromatic nitrogens is 14. The molecule has 10 aromatic heterocycles. The van der Waals surface area contributed by atoms with Crippen molar-refractivity contribution in [3.8, 4) is 0 Å². The number of halogens is 5. The zero-order chi connectivity index (χ0) is 46.3. The van der Waals surface area contributed by atoms with E-state index in [4.69, 9.17) is 10.8 Å². The van der Waals surface area contributed by atoms with Crippen LogP contribution in [0.15, 0.2) is 108 Å². The Kier molecular flexibility index (Phi) is 13.3. The first-order chi connectivity index (χ1) is 32.5. The molecule has 2 fully saturated rings. The quantitative estimate of drug-likeness (QED) is 0.112. The summed E-state index contributed by atoms with van der Waals surface area (Å²) in [5.41, 5.74) is 13.7. The highest BCUT2D eigenvalue weighted by molar-refractivity contribution is 9.10. The van der Waals surface area contributed by atoms with E-state index in [0.29, 0.717) is 62.7 Å². The second-order valence-corrected chi connectivity index (χ2v) is 18.1. The molecule has 0 aliphatic heterocycles. The SMILES string of the molecule is Cl.NCc1ncn2ccc(Br)c(F)c12.O=C(CCc1ncn2ccc(Br)c(F)c12)c1cn(Cc2cn3cc(C4CC4)ccc3n2)nn1.O=C(O)c1cn(Cc2cn3cc(C4CC4)ccc3n2)nn1. The predicted molar refractivity (Wildman–Crippen MR) is 253 cm³/mol. The number of ketones is 1. The first-order valence-electron chi connectivity index (χ1n) is 21.3. The largest absolute Gasteiger partial charge is 0.476 e. The number of nitrogens with two attached hydrogens (primary N) is 1. The second-order valence-electron chi connectivity index (χ2n) is 16.4. The van der Waals surface area contributed by atoms with Crippen LogP contribution in [0.3, 0.4) is 0 Å². The number of rotatable bonds is 12. The summed E-state index contributed by atoms with van der Waals surface area (Å²) in [7, 11) is 0. The lowest BCUT2D eigenvalue weighted by Crippen LogP contribution is -2.03. The van der Waals surface area contributed by atoms with Crippen LogP contribution in [0.1, 0.15) is 98.8 Å². The average molecular weight is 1070 g/mol. The Morgan fingerprint density at radius 2 is 1.15 bits per heavy atom. The van der Waals surface area contributed by atoms with Crippen molar-refractivity contribution in [1.82, 2.24) is 67.5 Å². The molecule has 2 saturated carbocycles. The van der Waals surface area contributed by atoms with Gasteiger partial charge in [-0.15, -0.1) is 22.6 Å². The maximum Gasteiger partial charge on any atom is 0.358 e. The first-order valence-corrected chi connectivity index (χ1v) is 22.9. The fourth-order valence-electron chi connectivity index (χ4n) is 7.76. The van der Waals surface area contributed by atoms with Crippen molar-refractivity contribution < 1.29 is 23.5 Å². The molecule has 0 amide bonds. The lowest BCUT2D eigenvalue weighted by molar-refractivity contribution is 0.0690. The first kappa shape index (κ1) is 46.4. The van der Waals surface area contributed by atoms with Crippen LogP contribution in [0, 0.1) is 11.6 Å². The number of carboxylic acids is 1. The molecule has 0 bridgehead atoms. The minimum absolute atomic E-state index is 0. The molecular weight excluding hydrogens is 1030 g/mol. The van der Waals surface area contributed by atoms with E-state index in [2.05, 4.69) is 96.9 Å². The molecule has 3 N–H and O–H groups in total. The molecule has 12 rings (SSSR count). The van der Waals surface area contributed by atoms with Crippen LogP contribution in [0.25, 0.3) is 22.3 Å². The van der Waals surface area contributed by atoms with Gasteiger partial charge in [0.05, 0.1) is 69.9 Å². The highest BCUT2D eigenvalue weighted by Gasteiger charge is 2.25. The van der Waals surface area contributed by atoms with Crippen molar-refractivity contribution in [3.05, 3.63) is 164 Å². The number of nitrogens with zero attached hydrogens (tertiary/aromatic N) is 14. The molecule has 10 heterocycles. The van der Waals surface area contributed by atoms with E-state index in [-0.39, 0.29) is 54.2 Å². The number of aryl methyl sites for hydroxylation is 1. The lowest BCUT2D eigenvalue weighted by Gasteiger charge is -2.01. The van der Waals surface area contributed by atoms with Gasteiger partial charge in [0.1, 0.15) is 28.0 Å². The van der Waals surface area contributed by atoms with Crippen molar-refractivity contribution in [2.45, 2.75) is 70.0 Å². The Labute approximate surface area is 407 Å². The summed E-state index contributed by atoms with van der Waals surface area (Å²) in [5.74, 6) is -0.566. The topological polar surface area (TPSA) is 211 Å². The number of carboxylic acid groups (broad SMARTS) is 1. The molecule has 2 aliphatic carbocycles. The van der Waals surface area contributed by atoms with Crippen LogP contribution in [-0.4, -0.2) is 84.4 Å². The van der Waals surface area contributed by atoms with Crippen molar-refractivity contribution in [2.75, 3.05) is 0 Å². The van der Waals surface area contributed by atoms with E-state index in [9.17, 15) is 18.4 Å². The molecule has 23 heteroatoms. The van der Waals surface area contributed by atoms with Gasteiger partial charge >= 0.3 is 5.97 Å². The number of imidazole rings is 4. The number of carbonyl (C=O) groups is 2. The summed E-state index contributed by atoms with van der Waals surface area (Å²) < 4.78 is 39.1. The van der Waals surface area contributed by atoms with Crippen LogP contribution >= 0.6 is 44.3 Å². The molecule has 0 aromatic carbocycles. The number of fused-ring (bicyclic) bond motifs is 4. The fourth-order valence-corrected chi connectivity index (χ4v) is 8.37. The number of carbonyl (C=O) groups excluding carboxylic acids is 1. The molecule has 0 atom stereocenters. The smallest absolute Gasteiger partial charge is 0.358 e. The molecule has 10 aromatic rings. The summed E-state index contributed by atoms with van der Waals surface area (Å²) in [6.07, 6.45) is 23.3. The van der Waals surface area contributed by atoms with E-state index >= 15 is 0 Å². The van der Waals surface area contributed by atoms with Crippen LogP contribution < -0.4 is 5.73 Å². The Morgan fingerprint density at radius 1 is 0.662 bits per heavy atom. The summed E-state index contributed by atoms with van der Waals surface area (Å²) in [6.45, 7) is 1.07. The zero-order valence-electron chi connectivity index (χ0n) is 35.8. The van der Waals surface area contributed by atoms with Gasteiger partial charge in [-0.1, -0.05) is 22.6 Å². The molecule has 18 nitrogen and oxygen atoms in total. The number of hydrogen-bond donors (Lipinski definition) is 2. The molecule has 0 spiro atoms. The Balaban J connectivity index is 0.000000141. The van der Waals surface area contributed by atoms with Gasteiger partial charge < -0.3 is 28.4 Å². The van der Waals surface area contributed by atoms with E-state index < -0.39 is 5.97 Å². The van der Waals surface area contributed by atoms with E-state index in [0.717, 1.165) is 22.7 Å². The van der Waals surface area contributed by atoms with Crippen LogP contribution in [-0.2, 0) is 26.1 Å². The fraction of sp³-hybridized carbons (Fsp3) is 0.244. The molecule has 68 heavy (non-hydrogen) atoms. The molecule has 0 saturated heterocycles. The second kappa shape index (κ2) is 19.5. The maximum atomic E-state index is 14.5. The summed E-state index contributed by atoms with van der Waals surface area (Å²) in [4.78, 5) is 40.9. The minimum atomic E-state index is -1.08. The lowest BCUT2D eigenvalue weighted by atomic mass is 10.1. The minimum Gasteiger partial charge on any atom is -0.476 e. The van der Waals surface area contributed by atoms with Crippen molar-refractivity contribution in [3.63, 3.8) is 0 Å². The summed E-state index contributed by atoms with van der Waals surface area (Å²) in [6, 6.07) is 11.6. The van der Waals surface area contributed by atoms with Gasteiger partial charge in [0.2, 0.25) is 0 Å². The van der Waals surface area contributed by atoms with Crippen molar-refractivity contribution in [1.29, 1.82) is 0 Å². The van der Waals surface area contributed by atoms with Gasteiger partial charge in [0.15, 0.2) is 23.1 Å². The van der Waals surface area contributed by atoms with E-state index in [1.807, 2.05) is 33.3 Å². The highest BCUT2D eigenvalue weighted by atomic mass is 79.9. The molecule has 348 valence electrons. The van der Waals surface area contributed by atoms with Crippen molar-refractivity contribution >= 4 is 78.3 Å². The summed E-state index contributed by atoms with van der Waals surface area (Å²) >= 11 is 6.30. The van der Waals surface area contributed by atoms with Gasteiger partial charge in [-0.2, -0.15) is 0 Å². The number of pyridine rings is 4. The zero-order valence-corrected chi connectivity index (χ0v) is 39.8. The van der Waals surface area contributed by atoms with Crippen LogP contribution in [0.2, 0.25) is 0 Å². The van der Waals surface area contributed by atoms with Crippen LogP contribution in [0.5, 0.6) is 0 Å². The Morgan fingerprint density at radius 3 is 1.63 bits per heavy atom. The standard InChI is InChI=1S/C23H19BrFN7O.C14H13N5O2.C8H7BrFN3.ClH/c24-17-7-8-30-13-26-18(23(30)22(17)25)4-5-20(33)19-12-32(29-28-19)11-16-10-31-9-15(14-1-2-14)3-6-21(31)27-16;20-14(21)12-8-19(17-16-12)7-11-6-18-5-10(9-1-2-9)3-4-13(18)15-11;9-5-1-2-13-4-12-6(3-11)8(13)7(5)10;/h3,6-10,12-14H,1-2,4-5,11H2;3-6,8-9H,1-2,7H2,(H,20,21);1-2,4H,3,11H2;1H. The van der Waals surface area contributed by atoms with Crippen LogP contribution in [0.4, 0.5) is 8.78 Å².